The normalized spacial score (nSPS) is 22.5. The summed E-state index contributed by atoms with van der Waals surface area (Å²) < 4.78 is 0.860. The van der Waals surface area contributed by atoms with Gasteiger partial charge in [-0.15, -0.1) is 0 Å². The summed E-state index contributed by atoms with van der Waals surface area (Å²) in [7, 11) is 0. The van der Waals surface area contributed by atoms with Gasteiger partial charge in [-0.2, -0.15) is 0 Å². The SMILES string of the molecule is C[C@@H]1C[C@@H](C)CN(CCCNC(=O)c2cc(Br)ccc2Cl)C1. The molecule has 2 rings (SSSR count). The minimum atomic E-state index is -0.105. The van der Waals surface area contributed by atoms with Crippen molar-refractivity contribution in [1.29, 1.82) is 0 Å². The number of nitrogens with one attached hydrogen (secondary N) is 1. The highest BCUT2D eigenvalue weighted by Crippen LogP contribution is 2.22. The second kappa shape index (κ2) is 8.32. The number of carbonyl (C=O) groups excluding carboxylic acids is 1. The summed E-state index contributed by atoms with van der Waals surface area (Å²) in [6.45, 7) is 8.72. The van der Waals surface area contributed by atoms with E-state index < -0.39 is 0 Å². The van der Waals surface area contributed by atoms with Crippen LogP contribution in [0.3, 0.4) is 0 Å². The molecule has 1 N–H and O–H groups in total. The Hall–Kier alpha value is -0.580. The largest absolute Gasteiger partial charge is 0.352 e. The van der Waals surface area contributed by atoms with Crippen LogP contribution in [-0.4, -0.2) is 37.0 Å². The Balaban J connectivity index is 1.74. The first-order valence-electron chi connectivity index (χ1n) is 7.91. The third kappa shape index (κ3) is 5.25. The molecule has 1 aliphatic rings. The Morgan fingerprint density at radius 1 is 1.36 bits per heavy atom. The lowest BCUT2D eigenvalue weighted by Gasteiger charge is -2.34. The van der Waals surface area contributed by atoms with E-state index in [1.54, 1.807) is 12.1 Å². The fourth-order valence-electron chi connectivity index (χ4n) is 3.25. The number of likely N-dealkylation sites (tertiary alicyclic amines) is 1. The molecule has 1 amide bonds. The third-order valence-corrected chi connectivity index (χ3v) is 4.88. The average Bonchev–Trinajstić information content (AvgIpc) is 2.45. The molecule has 1 saturated heterocycles. The van der Waals surface area contributed by atoms with Crippen LogP contribution >= 0.6 is 27.5 Å². The lowest BCUT2D eigenvalue weighted by molar-refractivity contribution is 0.0947. The Labute approximate surface area is 146 Å². The van der Waals surface area contributed by atoms with Gasteiger partial charge in [0.15, 0.2) is 0 Å². The highest BCUT2D eigenvalue weighted by molar-refractivity contribution is 9.10. The smallest absolute Gasteiger partial charge is 0.252 e. The molecule has 0 unspecified atom stereocenters. The van der Waals surface area contributed by atoms with E-state index >= 15 is 0 Å². The Kier molecular flexibility index (Phi) is 6.72. The minimum absolute atomic E-state index is 0.105. The van der Waals surface area contributed by atoms with Gasteiger partial charge < -0.3 is 10.2 Å². The Bertz CT molecular complexity index is 513. The van der Waals surface area contributed by atoms with Crippen LogP contribution in [0.25, 0.3) is 0 Å². The molecule has 1 fully saturated rings. The van der Waals surface area contributed by atoms with Crippen molar-refractivity contribution in [3.63, 3.8) is 0 Å². The molecule has 0 saturated carbocycles. The zero-order valence-corrected chi connectivity index (χ0v) is 15.6. The molecule has 1 aromatic carbocycles. The number of carbonyl (C=O) groups is 1. The van der Waals surface area contributed by atoms with E-state index in [2.05, 4.69) is 40.0 Å². The van der Waals surface area contributed by atoms with E-state index in [1.807, 2.05) is 6.07 Å². The summed E-state index contributed by atoms with van der Waals surface area (Å²) in [5, 5.41) is 3.44. The Morgan fingerprint density at radius 2 is 2.05 bits per heavy atom. The van der Waals surface area contributed by atoms with Crippen LogP contribution in [0.15, 0.2) is 22.7 Å². The number of nitrogens with zero attached hydrogens (tertiary/aromatic N) is 1. The fourth-order valence-corrected chi connectivity index (χ4v) is 3.81. The molecule has 3 nitrogen and oxygen atoms in total. The number of halogens is 2. The third-order valence-electron chi connectivity index (χ3n) is 4.05. The van der Waals surface area contributed by atoms with Gasteiger partial charge in [0.25, 0.3) is 5.91 Å². The van der Waals surface area contributed by atoms with Gasteiger partial charge >= 0.3 is 0 Å². The van der Waals surface area contributed by atoms with Crippen LogP contribution in [0.2, 0.25) is 5.02 Å². The monoisotopic (exact) mass is 386 g/mol. The molecule has 0 spiro atoms. The van der Waals surface area contributed by atoms with Crippen molar-refractivity contribution in [3.05, 3.63) is 33.3 Å². The summed E-state index contributed by atoms with van der Waals surface area (Å²) in [5.74, 6) is 1.45. The van der Waals surface area contributed by atoms with Crippen molar-refractivity contribution in [3.8, 4) is 0 Å². The van der Waals surface area contributed by atoms with Crippen molar-refractivity contribution >= 4 is 33.4 Å². The van der Waals surface area contributed by atoms with Crippen molar-refractivity contribution in [2.45, 2.75) is 26.7 Å². The van der Waals surface area contributed by atoms with Crippen LogP contribution < -0.4 is 5.32 Å². The van der Waals surface area contributed by atoms with E-state index in [-0.39, 0.29) is 5.91 Å². The number of hydrogen-bond acceptors (Lipinski definition) is 2. The lowest BCUT2D eigenvalue weighted by Crippen LogP contribution is -2.40. The minimum Gasteiger partial charge on any atom is -0.352 e. The fraction of sp³-hybridized carbons (Fsp3) is 0.588. The van der Waals surface area contributed by atoms with Crippen molar-refractivity contribution in [2.24, 2.45) is 11.8 Å². The first-order chi connectivity index (χ1) is 10.5. The van der Waals surface area contributed by atoms with Gasteiger partial charge in [0.1, 0.15) is 0 Å². The summed E-state index contributed by atoms with van der Waals surface area (Å²) >= 11 is 9.43. The van der Waals surface area contributed by atoms with E-state index in [1.165, 1.54) is 19.5 Å². The van der Waals surface area contributed by atoms with E-state index in [9.17, 15) is 4.79 Å². The first-order valence-corrected chi connectivity index (χ1v) is 9.08. The molecule has 0 bridgehead atoms. The highest BCUT2D eigenvalue weighted by Gasteiger charge is 2.21. The molecule has 1 heterocycles. The molecule has 2 atom stereocenters. The maximum Gasteiger partial charge on any atom is 0.252 e. The van der Waals surface area contributed by atoms with Crippen molar-refractivity contribution in [2.75, 3.05) is 26.2 Å². The number of benzene rings is 1. The van der Waals surface area contributed by atoms with Crippen LogP contribution in [0.4, 0.5) is 0 Å². The second-order valence-electron chi connectivity index (χ2n) is 6.44. The lowest BCUT2D eigenvalue weighted by atomic mass is 9.92. The van der Waals surface area contributed by atoms with Gasteiger partial charge in [-0.1, -0.05) is 41.4 Å². The molecule has 5 heteroatoms. The van der Waals surface area contributed by atoms with Gasteiger partial charge in [-0.05, 0) is 49.4 Å². The quantitative estimate of drug-likeness (QED) is 0.768. The number of rotatable bonds is 5. The first kappa shape index (κ1) is 17.8. The van der Waals surface area contributed by atoms with Crippen LogP contribution in [0.5, 0.6) is 0 Å². The summed E-state index contributed by atoms with van der Waals surface area (Å²) in [6, 6.07) is 5.32. The highest BCUT2D eigenvalue weighted by atomic mass is 79.9. The predicted molar refractivity (Wildman–Crippen MR) is 95.5 cm³/mol. The number of hydrogen-bond donors (Lipinski definition) is 1. The van der Waals surface area contributed by atoms with Gasteiger partial charge in [0.05, 0.1) is 10.6 Å². The van der Waals surface area contributed by atoms with Crippen molar-refractivity contribution in [1.82, 2.24) is 10.2 Å². The maximum atomic E-state index is 12.1. The van der Waals surface area contributed by atoms with E-state index in [0.717, 1.165) is 29.3 Å². The zero-order chi connectivity index (χ0) is 16.1. The van der Waals surface area contributed by atoms with Crippen molar-refractivity contribution < 1.29 is 4.79 Å². The predicted octanol–water partition coefficient (Wildman–Crippen LogP) is 4.20. The van der Waals surface area contributed by atoms with Crippen LogP contribution in [-0.2, 0) is 0 Å². The van der Waals surface area contributed by atoms with E-state index in [0.29, 0.717) is 17.1 Å². The molecule has 0 aromatic heterocycles. The molecular weight excluding hydrogens is 364 g/mol. The molecule has 1 aliphatic heterocycles. The molecule has 0 radical (unpaired) electrons. The Morgan fingerprint density at radius 3 is 2.73 bits per heavy atom. The second-order valence-corrected chi connectivity index (χ2v) is 7.76. The summed E-state index contributed by atoms with van der Waals surface area (Å²) in [4.78, 5) is 14.7. The molecule has 0 aliphatic carbocycles. The number of amides is 1. The number of piperidine rings is 1. The van der Waals surface area contributed by atoms with E-state index in [4.69, 9.17) is 11.6 Å². The molecular formula is C17H24BrClN2O. The van der Waals surface area contributed by atoms with Crippen LogP contribution in [0.1, 0.15) is 37.0 Å². The summed E-state index contributed by atoms with van der Waals surface area (Å²) in [6.07, 6.45) is 2.30. The maximum absolute atomic E-state index is 12.1. The topological polar surface area (TPSA) is 32.3 Å². The average molecular weight is 388 g/mol. The van der Waals surface area contributed by atoms with Gasteiger partial charge in [0.2, 0.25) is 0 Å². The van der Waals surface area contributed by atoms with Gasteiger partial charge in [0, 0.05) is 24.1 Å². The summed E-state index contributed by atoms with van der Waals surface area (Å²) in [5.41, 5.74) is 0.524. The molecule has 1 aromatic rings. The van der Waals surface area contributed by atoms with Gasteiger partial charge in [-0.25, -0.2) is 0 Å². The molecule has 22 heavy (non-hydrogen) atoms. The zero-order valence-electron chi connectivity index (χ0n) is 13.2. The van der Waals surface area contributed by atoms with Gasteiger partial charge in [-0.3, -0.25) is 4.79 Å². The standard InChI is InChI=1S/C17H24BrClN2O/c1-12-8-13(2)11-21(10-12)7-3-6-20-17(22)15-9-14(18)4-5-16(15)19/h4-5,9,12-13H,3,6-8,10-11H2,1-2H3,(H,20,22)/t12-,13-/m1/s1. The molecule has 122 valence electrons. The van der Waals surface area contributed by atoms with Crippen LogP contribution in [0, 0.1) is 11.8 Å².